The Morgan fingerprint density at radius 2 is 2.00 bits per heavy atom. The average molecular weight is 340 g/mol. The van der Waals surface area contributed by atoms with Crippen LogP contribution in [0.4, 0.5) is 0 Å². The number of aryl methyl sites for hydroxylation is 1. The van der Waals surface area contributed by atoms with Crippen molar-refractivity contribution in [2.24, 2.45) is 0 Å². The van der Waals surface area contributed by atoms with Gasteiger partial charge in [0.15, 0.2) is 0 Å². The predicted octanol–water partition coefficient (Wildman–Crippen LogP) is 1.65. The van der Waals surface area contributed by atoms with Gasteiger partial charge in [-0.1, -0.05) is 17.7 Å². The lowest BCUT2D eigenvalue weighted by Gasteiger charge is -2.04. The van der Waals surface area contributed by atoms with Crippen LogP contribution in [0.15, 0.2) is 29.6 Å². The van der Waals surface area contributed by atoms with Crippen molar-refractivity contribution in [3.63, 3.8) is 0 Å². The normalized spacial score (nSPS) is 11.2. The minimum Gasteiger partial charge on any atom is -0.486 e. The van der Waals surface area contributed by atoms with Crippen LogP contribution in [0.5, 0.6) is 5.75 Å². The molecule has 2 rings (SSSR count). The fourth-order valence-electron chi connectivity index (χ4n) is 1.68. The molecule has 22 heavy (non-hydrogen) atoms. The molecule has 1 amide bonds. The summed E-state index contributed by atoms with van der Waals surface area (Å²) in [7, 11) is -3.54. The summed E-state index contributed by atoms with van der Waals surface area (Å²) in [5, 5.41) is 2.44. The van der Waals surface area contributed by atoms with Crippen molar-refractivity contribution < 1.29 is 17.9 Å². The second-order valence-electron chi connectivity index (χ2n) is 4.81. The van der Waals surface area contributed by atoms with Crippen LogP contribution in [0.25, 0.3) is 0 Å². The quantitative estimate of drug-likeness (QED) is 0.864. The molecule has 0 aliphatic heterocycles. The van der Waals surface area contributed by atoms with Crippen LogP contribution in [0.3, 0.4) is 0 Å². The number of hydrogen-bond donors (Lipinski definition) is 1. The zero-order chi connectivity index (χ0) is 16.2. The number of aromatic nitrogens is 1. The summed E-state index contributed by atoms with van der Waals surface area (Å²) in [5.74, 6) is 0.149. The van der Waals surface area contributed by atoms with Gasteiger partial charge in [0.2, 0.25) is 15.9 Å². The molecule has 1 aromatic heterocycles. The maximum Gasteiger partial charge on any atom is 0.239 e. The fourth-order valence-corrected chi connectivity index (χ4v) is 2.87. The minimum absolute atomic E-state index is 0.0753. The molecule has 118 valence electrons. The number of ether oxygens (including phenoxy) is 1. The Morgan fingerprint density at radius 1 is 1.32 bits per heavy atom. The Morgan fingerprint density at radius 3 is 2.64 bits per heavy atom. The summed E-state index contributed by atoms with van der Waals surface area (Å²) in [6.45, 7) is 2.31. The van der Waals surface area contributed by atoms with E-state index in [0.29, 0.717) is 12.3 Å². The van der Waals surface area contributed by atoms with Gasteiger partial charge in [-0.3, -0.25) is 9.52 Å². The third kappa shape index (κ3) is 5.45. The second kappa shape index (κ2) is 6.89. The van der Waals surface area contributed by atoms with E-state index in [9.17, 15) is 13.2 Å². The Kier molecular flexibility index (Phi) is 5.15. The van der Waals surface area contributed by atoms with Crippen molar-refractivity contribution in [2.75, 3.05) is 6.26 Å². The maximum atomic E-state index is 11.5. The average Bonchev–Trinajstić information content (AvgIpc) is 2.83. The molecule has 8 heteroatoms. The molecule has 0 unspecified atom stereocenters. The SMILES string of the molecule is Cc1ccc(OCc2nc(CC(=O)NS(C)(=O)=O)cs2)cc1. The van der Waals surface area contributed by atoms with Crippen LogP contribution in [-0.4, -0.2) is 25.6 Å². The molecular formula is C14H16N2O4S2. The summed E-state index contributed by atoms with van der Waals surface area (Å²) >= 11 is 1.37. The van der Waals surface area contributed by atoms with Gasteiger partial charge in [-0.25, -0.2) is 13.4 Å². The van der Waals surface area contributed by atoms with E-state index >= 15 is 0 Å². The molecule has 0 radical (unpaired) electrons. The van der Waals surface area contributed by atoms with Gasteiger partial charge in [-0.2, -0.15) is 0 Å². The fraction of sp³-hybridized carbons (Fsp3) is 0.286. The number of thiazole rings is 1. The van der Waals surface area contributed by atoms with Crippen molar-refractivity contribution >= 4 is 27.3 Å². The number of nitrogens with zero attached hydrogens (tertiary/aromatic N) is 1. The standard InChI is InChI=1S/C14H16N2O4S2/c1-10-3-5-12(6-4-10)20-8-14-15-11(9-21-14)7-13(17)16-22(2,18)19/h3-6,9H,7-8H2,1-2H3,(H,16,17). The number of hydrogen-bond acceptors (Lipinski definition) is 6. The van der Waals surface area contributed by atoms with E-state index in [4.69, 9.17) is 4.74 Å². The van der Waals surface area contributed by atoms with Gasteiger partial charge < -0.3 is 4.74 Å². The van der Waals surface area contributed by atoms with E-state index in [1.807, 2.05) is 35.9 Å². The van der Waals surface area contributed by atoms with Crippen molar-refractivity contribution in [1.82, 2.24) is 9.71 Å². The zero-order valence-corrected chi connectivity index (χ0v) is 13.8. The van der Waals surface area contributed by atoms with Gasteiger partial charge in [-0.15, -0.1) is 11.3 Å². The number of benzene rings is 1. The molecule has 0 saturated carbocycles. The van der Waals surface area contributed by atoms with E-state index in [1.165, 1.54) is 11.3 Å². The maximum absolute atomic E-state index is 11.5. The molecule has 0 bridgehead atoms. The second-order valence-corrected chi connectivity index (χ2v) is 7.50. The van der Waals surface area contributed by atoms with E-state index in [2.05, 4.69) is 4.98 Å². The molecule has 1 aromatic carbocycles. The van der Waals surface area contributed by atoms with Crippen LogP contribution < -0.4 is 9.46 Å². The third-order valence-electron chi connectivity index (χ3n) is 2.62. The monoisotopic (exact) mass is 340 g/mol. The molecule has 0 aliphatic carbocycles. The summed E-state index contributed by atoms with van der Waals surface area (Å²) in [4.78, 5) is 15.7. The van der Waals surface area contributed by atoms with Crippen LogP contribution in [-0.2, 0) is 27.8 Å². The highest BCUT2D eigenvalue weighted by Gasteiger charge is 2.12. The number of nitrogens with one attached hydrogen (secondary N) is 1. The highest BCUT2D eigenvalue weighted by atomic mass is 32.2. The molecule has 0 atom stereocenters. The van der Waals surface area contributed by atoms with Crippen molar-refractivity contribution in [1.29, 1.82) is 0 Å². The molecule has 1 N–H and O–H groups in total. The number of sulfonamides is 1. The number of amides is 1. The minimum atomic E-state index is -3.54. The smallest absolute Gasteiger partial charge is 0.239 e. The van der Waals surface area contributed by atoms with Crippen LogP contribution in [0.2, 0.25) is 0 Å². The first-order valence-electron chi connectivity index (χ1n) is 6.45. The van der Waals surface area contributed by atoms with Crippen molar-refractivity contribution in [2.45, 2.75) is 20.0 Å². The topological polar surface area (TPSA) is 85.4 Å². The summed E-state index contributed by atoms with van der Waals surface area (Å²) in [6.07, 6.45) is 0.862. The number of rotatable bonds is 6. The molecule has 6 nitrogen and oxygen atoms in total. The van der Waals surface area contributed by atoms with Gasteiger partial charge in [0.25, 0.3) is 0 Å². The van der Waals surface area contributed by atoms with Crippen LogP contribution in [0, 0.1) is 6.92 Å². The van der Waals surface area contributed by atoms with Gasteiger partial charge in [0.05, 0.1) is 18.4 Å². The highest BCUT2D eigenvalue weighted by molar-refractivity contribution is 7.89. The molecule has 0 spiro atoms. The molecule has 2 aromatic rings. The molecule has 1 heterocycles. The lowest BCUT2D eigenvalue weighted by atomic mass is 10.2. The summed E-state index contributed by atoms with van der Waals surface area (Å²) in [6, 6.07) is 7.67. The molecular weight excluding hydrogens is 324 g/mol. The van der Waals surface area contributed by atoms with Crippen molar-refractivity contribution in [3.05, 3.63) is 45.9 Å². The lowest BCUT2D eigenvalue weighted by Crippen LogP contribution is -2.30. The van der Waals surface area contributed by atoms with Crippen LogP contribution >= 0.6 is 11.3 Å². The van der Waals surface area contributed by atoms with Crippen molar-refractivity contribution in [3.8, 4) is 5.75 Å². The summed E-state index contributed by atoms with van der Waals surface area (Å²) < 4.78 is 29.4. The third-order valence-corrected chi connectivity index (χ3v) is 4.09. The molecule has 0 fully saturated rings. The first-order chi connectivity index (χ1) is 10.3. The largest absolute Gasteiger partial charge is 0.486 e. The van der Waals surface area contributed by atoms with Gasteiger partial charge >= 0.3 is 0 Å². The number of carbonyl (C=O) groups is 1. The first kappa shape index (κ1) is 16.4. The lowest BCUT2D eigenvalue weighted by molar-refractivity contribution is -0.118. The first-order valence-corrected chi connectivity index (χ1v) is 9.22. The predicted molar refractivity (Wildman–Crippen MR) is 84.3 cm³/mol. The zero-order valence-electron chi connectivity index (χ0n) is 12.2. The van der Waals surface area contributed by atoms with E-state index in [-0.39, 0.29) is 6.42 Å². The van der Waals surface area contributed by atoms with E-state index in [0.717, 1.165) is 22.6 Å². The Balaban J connectivity index is 1.88. The Labute approximate surface area is 133 Å². The molecule has 0 aliphatic rings. The van der Waals surface area contributed by atoms with E-state index < -0.39 is 15.9 Å². The van der Waals surface area contributed by atoms with Gasteiger partial charge in [0.1, 0.15) is 17.4 Å². The Hall–Kier alpha value is -1.93. The molecule has 0 saturated heterocycles. The highest BCUT2D eigenvalue weighted by Crippen LogP contribution is 2.16. The van der Waals surface area contributed by atoms with Crippen LogP contribution in [0.1, 0.15) is 16.3 Å². The van der Waals surface area contributed by atoms with Gasteiger partial charge in [-0.05, 0) is 19.1 Å². The summed E-state index contributed by atoms with van der Waals surface area (Å²) in [5.41, 5.74) is 1.68. The Bertz CT molecular complexity index is 751. The number of carbonyl (C=O) groups excluding carboxylic acids is 1. The van der Waals surface area contributed by atoms with Gasteiger partial charge in [0, 0.05) is 5.38 Å². The van der Waals surface area contributed by atoms with E-state index in [1.54, 1.807) is 5.38 Å².